The van der Waals surface area contributed by atoms with Crippen LogP contribution in [0.1, 0.15) is 38.4 Å². The van der Waals surface area contributed by atoms with E-state index >= 15 is 0 Å². The van der Waals surface area contributed by atoms with Gasteiger partial charge in [-0.2, -0.15) is 0 Å². The Morgan fingerprint density at radius 3 is 2.63 bits per heavy atom. The van der Waals surface area contributed by atoms with Gasteiger partial charge in [-0.15, -0.1) is 0 Å². The van der Waals surface area contributed by atoms with Gasteiger partial charge >= 0.3 is 5.97 Å². The third-order valence-electron chi connectivity index (χ3n) is 4.16. The van der Waals surface area contributed by atoms with Crippen molar-refractivity contribution < 1.29 is 9.53 Å². The Morgan fingerprint density at radius 2 is 1.96 bits per heavy atom. The second kappa shape index (κ2) is 10.9. The quantitative estimate of drug-likeness (QED) is 0.340. The Bertz CT molecular complexity index is 830. The third kappa shape index (κ3) is 6.70. The van der Waals surface area contributed by atoms with Crippen LogP contribution in [0, 0.1) is 0 Å². The fourth-order valence-corrected chi connectivity index (χ4v) is 2.50. The summed E-state index contributed by atoms with van der Waals surface area (Å²) in [7, 11) is 0. The minimum atomic E-state index is -0.374. The van der Waals surface area contributed by atoms with Crippen LogP contribution in [0.2, 0.25) is 0 Å². The van der Waals surface area contributed by atoms with Crippen molar-refractivity contribution in [3.8, 4) is 11.1 Å². The zero-order valence-corrected chi connectivity index (χ0v) is 16.3. The fraction of sp³-hybridized carbons (Fsp3) is 0.250. The molecule has 0 spiro atoms. The first-order valence-corrected chi connectivity index (χ1v) is 9.38. The Balaban J connectivity index is 1.95. The van der Waals surface area contributed by atoms with Gasteiger partial charge in [0.15, 0.2) is 0 Å². The van der Waals surface area contributed by atoms with Crippen LogP contribution in [0.4, 0.5) is 0 Å². The summed E-state index contributed by atoms with van der Waals surface area (Å²) in [6, 6.07) is 12.4. The number of carbonyl (C=O) groups excluding carboxylic acids is 1. The van der Waals surface area contributed by atoms with E-state index in [1.54, 1.807) is 6.08 Å². The van der Waals surface area contributed by atoms with E-state index in [-0.39, 0.29) is 12.6 Å². The SMILES string of the molecule is C/C=C(\C=C/CC)COC(=O)/C=C/c1ccc(-c2cccc(CC)c2)cn1. The predicted molar refractivity (Wildman–Crippen MR) is 112 cm³/mol. The highest BCUT2D eigenvalue weighted by atomic mass is 16.5. The van der Waals surface area contributed by atoms with Gasteiger partial charge in [0.1, 0.15) is 6.61 Å². The average molecular weight is 361 g/mol. The molecule has 0 amide bonds. The summed E-state index contributed by atoms with van der Waals surface area (Å²) >= 11 is 0. The van der Waals surface area contributed by atoms with E-state index in [0.29, 0.717) is 0 Å². The number of aromatic nitrogens is 1. The number of ether oxygens (including phenoxy) is 1. The summed E-state index contributed by atoms with van der Waals surface area (Å²) in [6.07, 6.45) is 12.8. The molecule has 0 radical (unpaired) electrons. The molecule has 2 rings (SSSR count). The molecule has 0 aliphatic rings. The highest BCUT2D eigenvalue weighted by molar-refractivity contribution is 5.86. The van der Waals surface area contributed by atoms with Gasteiger partial charge in [-0.05, 0) is 48.6 Å². The molecule has 0 aliphatic heterocycles. The van der Waals surface area contributed by atoms with E-state index in [2.05, 4.69) is 43.1 Å². The first kappa shape index (κ1) is 20.4. The molecule has 0 aliphatic carbocycles. The predicted octanol–water partition coefficient (Wildman–Crippen LogP) is 5.78. The van der Waals surface area contributed by atoms with Crippen molar-refractivity contribution >= 4 is 12.0 Å². The molecular weight excluding hydrogens is 334 g/mol. The van der Waals surface area contributed by atoms with Crippen LogP contribution in [0.5, 0.6) is 0 Å². The lowest BCUT2D eigenvalue weighted by atomic mass is 10.0. The highest BCUT2D eigenvalue weighted by Crippen LogP contribution is 2.20. The van der Waals surface area contributed by atoms with Gasteiger partial charge < -0.3 is 4.74 Å². The standard InChI is InChI=1S/C24H27NO2/c1-4-7-9-20(6-3)18-27-24(26)15-14-23-13-12-22(17-25-23)21-11-8-10-19(5-2)16-21/h6-17H,4-5,18H2,1-3H3/b9-7-,15-14+,20-6+. The van der Waals surface area contributed by atoms with Crippen LogP contribution >= 0.6 is 0 Å². The second-order valence-electron chi connectivity index (χ2n) is 6.14. The molecule has 2 aromatic rings. The molecule has 0 N–H and O–H groups in total. The van der Waals surface area contributed by atoms with Crippen LogP contribution in [-0.4, -0.2) is 17.6 Å². The molecule has 0 saturated carbocycles. The van der Waals surface area contributed by atoms with Gasteiger partial charge in [0.05, 0.1) is 5.69 Å². The molecule has 0 bridgehead atoms. The normalized spacial score (nSPS) is 12.0. The smallest absolute Gasteiger partial charge is 0.331 e. The molecular formula is C24H27NO2. The molecule has 0 saturated heterocycles. The van der Waals surface area contributed by atoms with E-state index in [1.165, 1.54) is 11.6 Å². The Hall–Kier alpha value is -2.94. The average Bonchev–Trinajstić information content (AvgIpc) is 2.72. The molecule has 0 unspecified atom stereocenters. The first-order valence-electron chi connectivity index (χ1n) is 9.38. The molecule has 0 atom stereocenters. The summed E-state index contributed by atoms with van der Waals surface area (Å²) in [6.45, 7) is 6.41. The van der Waals surface area contributed by atoms with Crippen molar-refractivity contribution in [1.29, 1.82) is 0 Å². The maximum Gasteiger partial charge on any atom is 0.331 e. The molecule has 1 aromatic heterocycles. The largest absolute Gasteiger partial charge is 0.458 e. The minimum absolute atomic E-state index is 0.274. The lowest BCUT2D eigenvalue weighted by molar-refractivity contribution is -0.136. The Morgan fingerprint density at radius 1 is 1.11 bits per heavy atom. The van der Waals surface area contributed by atoms with Crippen LogP contribution < -0.4 is 0 Å². The Kier molecular flexibility index (Phi) is 8.24. The summed E-state index contributed by atoms with van der Waals surface area (Å²) < 4.78 is 5.26. The van der Waals surface area contributed by atoms with Crippen molar-refractivity contribution in [3.63, 3.8) is 0 Å². The number of rotatable bonds is 8. The number of benzene rings is 1. The van der Waals surface area contributed by atoms with Crippen LogP contribution in [0.15, 0.2) is 72.5 Å². The number of carbonyl (C=O) groups is 1. The van der Waals surface area contributed by atoms with Gasteiger partial charge in [-0.3, -0.25) is 4.98 Å². The maximum atomic E-state index is 11.9. The maximum absolute atomic E-state index is 11.9. The lowest BCUT2D eigenvalue weighted by Gasteiger charge is -2.04. The summed E-state index contributed by atoms with van der Waals surface area (Å²) in [5.74, 6) is -0.374. The van der Waals surface area contributed by atoms with E-state index in [9.17, 15) is 4.79 Å². The van der Waals surface area contributed by atoms with Crippen molar-refractivity contribution in [2.75, 3.05) is 6.61 Å². The number of esters is 1. The van der Waals surface area contributed by atoms with E-state index in [0.717, 1.165) is 35.2 Å². The monoisotopic (exact) mass is 361 g/mol. The van der Waals surface area contributed by atoms with Gasteiger partial charge in [-0.1, -0.05) is 62.4 Å². The second-order valence-corrected chi connectivity index (χ2v) is 6.14. The van der Waals surface area contributed by atoms with Crippen LogP contribution in [0.3, 0.4) is 0 Å². The van der Waals surface area contributed by atoms with Gasteiger partial charge in [0.25, 0.3) is 0 Å². The number of nitrogens with zero attached hydrogens (tertiary/aromatic N) is 1. The fourth-order valence-electron chi connectivity index (χ4n) is 2.50. The van der Waals surface area contributed by atoms with Crippen LogP contribution in [-0.2, 0) is 16.0 Å². The van der Waals surface area contributed by atoms with Crippen molar-refractivity contribution in [2.24, 2.45) is 0 Å². The van der Waals surface area contributed by atoms with Crippen LogP contribution in [0.25, 0.3) is 17.2 Å². The molecule has 1 aromatic carbocycles. The summed E-state index contributed by atoms with van der Waals surface area (Å²) in [5.41, 5.74) is 5.21. The van der Waals surface area contributed by atoms with Gasteiger partial charge in [0, 0.05) is 17.8 Å². The van der Waals surface area contributed by atoms with E-state index in [4.69, 9.17) is 4.74 Å². The third-order valence-corrected chi connectivity index (χ3v) is 4.16. The highest BCUT2D eigenvalue weighted by Gasteiger charge is 2.01. The van der Waals surface area contributed by atoms with E-state index in [1.807, 2.05) is 43.5 Å². The molecule has 27 heavy (non-hydrogen) atoms. The number of hydrogen-bond donors (Lipinski definition) is 0. The number of pyridine rings is 1. The Labute approximate surface area is 162 Å². The lowest BCUT2D eigenvalue weighted by Crippen LogP contribution is -2.03. The number of hydrogen-bond acceptors (Lipinski definition) is 3. The molecule has 3 heteroatoms. The van der Waals surface area contributed by atoms with Gasteiger partial charge in [-0.25, -0.2) is 4.79 Å². The number of allylic oxidation sites excluding steroid dienone is 2. The molecule has 3 nitrogen and oxygen atoms in total. The first-order chi connectivity index (χ1) is 13.2. The molecule has 140 valence electrons. The van der Waals surface area contributed by atoms with Crippen molar-refractivity contribution in [3.05, 3.63) is 83.7 Å². The van der Waals surface area contributed by atoms with Gasteiger partial charge in [0.2, 0.25) is 0 Å². The minimum Gasteiger partial charge on any atom is -0.458 e. The summed E-state index contributed by atoms with van der Waals surface area (Å²) in [4.78, 5) is 16.3. The molecule has 0 fully saturated rings. The zero-order valence-electron chi connectivity index (χ0n) is 16.3. The topological polar surface area (TPSA) is 39.2 Å². The van der Waals surface area contributed by atoms with Crippen molar-refractivity contribution in [2.45, 2.75) is 33.6 Å². The summed E-state index contributed by atoms with van der Waals surface area (Å²) in [5, 5.41) is 0. The van der Waals surface area contributed by atoms with Crippen molar-refractivity contribution in [1.82, 2.24) is 4.98 Å². The van der Waals surface area contributed by atoms with E-state index < -0.39 is 0 Å². The zero-order chi connectivity index (χ0) is 19.5. The molecule has 1 heterocycles. The number of aryl methyl sites for hydroxylation is 1.